The molecular formula is C17H23N3O2. The minimum absolute atomic E-state index is 0.000480. The third kappa shape index (κ3) is 2.66. The lowest BCUT2D eigenvalue weighted by molar-refractivity contribution is -0.0353. The first-order valence-corrected chi connectivity index (χ1v) is 7.94. The van der Waals surface area contributed by atoms with Crippen LogP contribution < -0.4 is 4.90 Å². The average molecular weight is 301 g/mol. The summed E-state index contributed by atoms with van der Waals surface area (Å²) in [5.41, 5.74) is 1.29. The van der Waals surface area contributed by atoms with E-state index < -0.39 is 11.5 Å². The molecule has 2 heterocycles. The highest BCUT2D eigenvalue weighted by Crippen LogP contribution is 2.36. The molecule has 5 heteroatoms. The lowest BCUT2D eigenvalue weighted by Crippen LogP contribution is -2.54. The zero-order valence-corrected chi connectivity index (χ0v) is 12.9. The summed E-state index contributed by atoms with van der Waals surface area (Å²) in [6.07, 6.45) is 3.72. The van der Waals surface area contributed by atoms with Crippen LogP contribution in [0, 0.1) is 5.41 Å². The Morgan fingerprint density at radius 1 is 1.32 bits per heavy atom. The van der Waals surface area contributed by atoms with Crippen molar-refractivity contribution in [2.75, 3.05) is 24.6 Å². The summed E-state index contributed by atoms with van der Waals surface area (Å²) in [6, 6.07) is 7.80. The molecule has 0 saturated carbocycles. The summed E-state index contributed by atoms with van der Waals surface area (Å²) in [5, 5.41) is 20.2. The molecule has 0 radical (unpaired) electrons. The highest BCUT2D eigenvalue weighted by Gasteiger charge is 2.42. The summed E-state index contributed by atoms with van der Waals surface area (Å²) in [4.78, 5) is 11.3. The molecule has 1 aliphatic heterocycles. The molecule has 1 aliphatic rings. The minimum Gasteiger partial charge on any atom is -0.396 e. The van der Waals surface area contributed by atoms with Crippen LogP contribution in [0.15, 0.2) is 30.5 Å². The summed E-state index contributed by atoms with van der Waals surface area (Å²) in [5.74, 6) is 0.819. The second-order valence-corrected chi connectivity index (χ2v) is 6.21. The van der Waals surface area contributed by atoms with Gasteiger partial charge in [0, 0.05) is 18.5 Å². The van der Waals surface area contributed by atoms with Gasteiger partial charge in [0.1, 0.15) is 5.82 Å². The van der Waals surface area contributed by atoms with Gasteiger partial charge in [-0.2, -0.15) is 0 Å². The molecular weight excluding hydrogens is 278 g/mol. The maximum absolute atomic E-state index is 10.4. The van der Waals surface area contributed by atoms with Crippen molar-refractivity contribution < 1.29 is 10.2 Å². The van der Waals surface area contributed by atoms with Gasteiger partial charge in [-0.3, -0.25) is 4.98 Å². The van der Waals surface area contributed by atoms with E-state index in [1.165, 1.54) is 0 Å². The summed E-state index contributed by atoms with van der Waals surface area (Å²) in [6.45, 7) is 3.43. The number of para-hydroxylation sites is 2. The molecule has 0 spiro atoms. The van der Waals surface area contributed by atoms with Gasteiger partial charge < -0.3 is 15.1 Å². The molecule has 0 aliphatic carbocycles. The number of aliphatic hydroxyl groups is 2. The molecule has 1 aromatic heterocycles. The number of benzene rings is 1. The first-order valence-electron chi connectivity index (χ1n) is 7.94. The fourth-order valence-corrected chi connectivity index (χ4v) is 3.42. The Hall–Kier alpha value is -1.72. The molecule has 1 aromatic carbocycles. The van der Waals surface area contributed by atoms with Crippen LogP contribution in [0.25, 0.3) is 11.0 Å². The molecule has 0 unspecified atom stereocenters. The summed E-state index contributed by atoms with van der Waals surface area (Å²) in [7, 11) is 0. The second kappa shape index (κ2) is 6.18. The zero-order valence-electron chi connectivity index (χ0n) is 12.9. The number of aliphatic hydroxyl groups excluding tert-OH is 2. The second-order valence-electron chi connectivity index (χ2n) is 6.21. The number of nitrogens with zero attached hydrogens (tertiary/aromatic N) is 3. The van der Waals surface area contributed by atoms with E-state index in [1.54, 1.807) is 6.20 Å². The quantitative estimate of drug-likeness (QED) is 0.903. The number of piperidine rings is 1. The molecule has 1 saturated heterocycles. The molecule has 118 valence electrons. The van der Waals surface area contributed by atoms with Crippen molar-refractivity contribution in [3.8, 4) is 0 Å². The van der Waals surface area contributed by atoms with Crippen LogP contribution >= 0.6 is 0 Å². The van der Waals surface area contributed by atoms with Crippen molar-refractivity contribution in [2.45, 2.75) is 32.3 Å². The average Bonchev–Trinajstić information content (AvgIpc) is 2.56. The van der Waals surface area contributed by atoms with E-state index in [0.717, 1.165) is 36.2 Å². The van der Waals surface area contributed by atoms with Gasteiger partial charge in [-0.1, -0.05) is 25.5 Å². The third-order valence-electron chi connectivity index (χ3n) is 4.71. The highest BCUT2D eigenvalue weighted by atomic mass is 16.3. The number of anilines is 1. The number of hydrogen-bond acceptors (Lipinski definition) is 5. The fourth-order valence-electron chi connectivity index (χ4n) is 3.42. The van der Waals surface area contributed by atoms with Crippen molar-refractivity contribution in [2.24, 2.45) is 5.41 Å². The van der Waals surface area contributed by atoms with Crippen molar-refractivity contribution in [3.63, 3.8) is 0 Å². The maximum Gasteiger partial charge on any atom is 0.147 e. The van der Waals surface area contributed by atoms with Gasteiger partial charge in [-0.05, 0) is 25.0 Å². The number of fused-ring (bicyclic) bond motifs is 1. The van der Waals surface area contributed by atoms with E-state index in [2.05, 4.69) is 21.8 Å². The Morgan fingerprint density at radius 3 is 2.82 bits per heavy atom. The fraction of sp³-hybridized carbons (Fsp3) is 0.529. The number of rotatable bonds is 4. The van der Waals surface area contributed by atoms with Gasteiger partial charge in [0.2, 0.25) is 0 Å². The largest absolute Gasteiger partial charge is 0.396 e. The van der Waals surface area contributed by atoms with Gasteiger partial charge in [-0.25, -0.2) is 4.98 Å². The lowest BCUT2D eigenvalue weighted by atomic mass is 9.74. The maximum atomic E-state index is 10.4. The van der Waals surface area contributed by atoms with E-state index >= 15 is 0 Å². The number of hydrogen-bond donors (Lipinski definition) is 2. The minimum atomic E-state index is -0.458. The molecule has 3 rings (SSSR count). The van der Waals surface area contributed by atoms with Crippen LogP contribution in [0.3, 0.4) is 0 Å². The zero-order chi connectivity index (χ0) is 15.6. The smallest absolute Gasteiger partial charge is 0.147 e. The lowest BCUT2D eigenvalue weighted by Gasteiger charge is -2.45. The monoisotopic (exact) mass is 301 g/mol. The van der Waals surface area contributed by atoms with Crippen LogP contribution in [-0.2, 0) is 0 Å². The molecule has 2 aromatic rings. The van der Waals surface area contributed by atoms with Crippen LogP contribution in [0.5, 0.6) is 0 Å². The molecule has 2 N–H and O–H groups in total. The normalized spacial score (nSPS) is 25.6. The standard InChI is InChI=1S/C17H23N3O2/c1-2-8-17(12-21)11-20(9-7-15(17)22)16-10-18-13-5-3-4-6-14(13)19-16/h3-6,10,15,21-22H,2,7-9,11-12H2,1H3/t15-,17-/m0/s1. The van der Waals surface area contributed by atoms with Crippen LogP contribution in [0.4, 0.5) is 5.82 Å². The van der Waals surface area contributed by atoms with Gasteiger partial charge >= 0.3 is 0 Å². The Morgan fingerprint density at radius 2 is 2.09 bits per heavy atom. The molecule has 22 heavy (non-hydrogen) atoms. The van der Waals surface area contributed by atoms with Crippen LogP contribution in [0.2, 0.25) is 0 Å². The van der Waals surface area contributed by atoms with E-state index in [1.807, 2.05) is 24.3 Å². The topological polar surface area (TPSA) is 69.5 Å². The van der Waals surface area contributed by atoms with Crippen molar-refractivity contribution in [3.05, 3.63) is 30.5 Å². The van der Waals surface area contributed by atoms with E-state index in [-0.39, 0.29) is 6.61 Å². The van der Waals surface area contributed by atoms with Crippen molar-refractivity contribution >= 4 is 16.9 Å². The van der Waals surface area contributed by atoms with Gasteiger partial charge in [-0.15, -0.1) is 0 Å². The number of aromatic nitrogens is 2. The first kappa shape index (κ1) is 15.2. The molecule has 2 atom stereocenters. The van der Waals surface area contributed by atoms with Crippen LogP contribution in [-0.4, -0.2) is 46.0 Å². The van der Waals surface area contributed by atoms with Crippen molar-refractivity contribution in [1.29, 1.82) is 0 Å². The molecule has 0 amide bonds. The third-order valence-corrected chi connectivity index (χ3v) is 4.71. The van der Waals surface area contributed by atoms with E-state index in [4.69, 9.17) is 0 Å². The van der Waals surface area contributed by atoms with Gasteiger partial charge in [0.05, 0.1) is 29.9 Å². The molecule has 0 bridgehead atoms. The Balaban J connectivity index is 1.89. The highest BCUT2D eigenvalue weighted by molar-refractivity contribution is 5.75. The van der Waals surface area contributed by atoms with Crippen LogP contribution in [0.1, 0.15) is 26.2 Å². The molecule has 1 fully saturated rings. The Bertz CT molecular complexity index is 649. The summed E-state index contributed by atoms with van der Waals surface area (Å²) < 4.78 is 0. The predicted molar refractivity (Wildman–Crippen MR) is 86.8 cm³/mol. The van der Waals surface area contributed by atoms with Gasteiger partial charge in [0.25, 0.3) is 0 Å². The van der Waals surface area contributed by atoms with E-state index in [0.29, 0.717) is 13.0 Å². The van der Waals surface area contributed by atoms with Gasteiger partial charge in [0.15, 0.2) is 0 Å². The summed E-state index contributed by atoms with van der Waals surface area (Å²) >= 11 is 0. The molecule has 5 nitrogen and oxygen atoms in total. The Kier molecular flexibility index (Phi) is 4.27. The Labute approximate surface area is 130 Å². The van der Waals surface area contributed by atoms with E-state index in [9.17, 15) is 10.2 Å². The predicted octanol–water partition coefficient (Wildman–Crippen LogP) is 1.98. The first-order chi connectivity index (χ1) is 10.7. The SMILES string of the molecule is CCC[C@@]1(CO)CN(c2cnc3ccccc3n2)CC[C@@H]1O. The van der Waals surface area contributed by atoms with Crippen molar-refractivity contribution in [1.82, 2.24) is 9.97 Å².